The zero-order valence-corrected chi connectivity index (χ0v) is 30.4. The highest BCUT2D eigenvalue weighted by Crippen LogP contribution is 2.29. The van der Waals surface area contributed by atoms with Gasteiger partial charge in [-0.05, 0) is 75.6 Å². The van der Waals surface area contributed by atoms with E-state index in [9.17, 15) is 19.2 Å². The van der Waals surface area contributed by atoms with Crippen LogP contribution >= 0.6 is 0 Å². The van der Waals surface area contributed by atoms with Crippen molar-refractivity contribution < 1.29 is 38.1 Å². The Morgan fingerprint density at radius 3 is 2.38 bits per heavy atom. The van der Waals surface area contributed by atoms with Gasteiger partial charge < -0.3 is 39.4 Å². The van der Waals surface area contributed by atoms with Crippen LogP contribution in [0.3, 0.4) is 0 Å². The minimum atomic E-state index is -0.588. The number of nitrogens with zero attached hydrogens (tertiary/aromatic N) is 2. The van der Waals surface area contributed by atoms with Gasteiger partial charge in [-0.2, -0.15) is 0 Å². The number of rotatable bonds is 10. The Labute approximate surface area is 306 Å². The van der Waals surface area contributed by atoms with E-state index in [1.807, 2.05) is 38.1 Å². The number of amides is 4. The Morgan fingerprint density at radius 1 is 0.981 bits per heavy atom. The van der Waals surface area contributed by atoms with Gasteiger partial charge in [-0.25, -0.2) is 14.4 Å². The van der Waals surface area contributed by atoms with Crippen LogP contribution in [0.5, 0.6) is 5.75 Å². The molecule has 4 amide bonds. The third-order valence-corrected chi connectivity index (χ3v) is 8.63. The van der Waals surface area contributed by atoms with Crippen LogP contribution in [0.25, 0.3) is 0 Å². The van der Waals surface area contributed by atoms with E-state index >= 15 is 0 Å². The Morgan fingerprint density at radius 2 is 1.67 bits per heavy atom. The molecule has 4 atom stereocenters. The summed E-state index contributed by atoms with van der Waals surface area (Å²) in [5.74, 6) is -0.814. The predicted octanol–water partition coefficient (Wildman–Crippen LogP) is 7.25. The number of para-hydroxylation sites is 1. The summed E-state index contributed by atoms with van der Waals surface area (Å²) in [5, 5.41) is 5.61. The fourth-order valence-electron chi connectivity index (χ4n) is 5.71. The summed E-state index contributed by atoms with van der Waals surface area (Å²) >= 11 is 0. The Bertz CT molecular complexity index is 1640. The molecule has 0 spiro atoms. The van der Waals surface area contributed by atoms with Gasteiger partial charge in [0.25, 0.3) is 5.91 Å². The minimum absolute atomic E-state index is 0.0795. The van der Waals surface area contributed by atoms with E-state index in [2.05, 4.69) is 17.2 Å². The quantitative estimate of drug-likeness (QED) is 0.166. The molecule has 0 saturated carbocycles. The average Bonchev–Trinajstić information content (AvgIpc) is 3.14. The second kappa shape index (κ2) is 19.9. The molecular formula is C40H50N4O8. The third-order valence-electron chi connectivity index (χ3n) is 8.63. The van der Waals surface area contributed by atoms with Crippen LogP contribution in [0.15, 0.2) is 91.5 Å². The summed E-state index contributed by atoms with van der Waals surface area (Å²) in [7, 11) is 1.64. The number of hydrogen-bond acceptors (Lipinski definition) is 8. The van der Waals surface area contributed by atoms with Crippen molar-refractivity contribution in [1.82, 2.24) is 9.80 Å². The molecule has 2 N–H and O–H groups in total. The Kier molecular flexibility index (Phi) is 15.1. The van der Waals surface area contributed by atoms with E-state index in [0.717, 1.165) is 12.8 Å². The van der Waals surface area contributed by atoms with Gasteiger partial charge in [0, 0.05) is 37.5 Å². The van der Waals surface area contributed by atoms with Gasteiger partial charge >= 0.3 is 18.1 Å². The molecule has 3 aromatic rings. The monoisotopic (exact) mass is 714 g/mol. The molecule has 1 aliphatic rings. The third kappa shape index (κ3) is 11.9. The molecule has 12 nitrogen and oxygen atoms in total. The molecule has 12 heteroatoms. The maximum Gasteiger partial charge on any atom is 0.409 e. The van der Waals surface area contributed by atoms with Crippen molar-refractivity contribution in [3.05, 3.63) is 103 Å². The first-order chi connectivity index (χ1) is 25.0. The maximum atomic E-state index is 14.7. The van der Waals surface area contributed by atoms with Gasteiger partial charge in [0.05, 0.1) is 35.9 Å². The lowest BCUT2D eigenvalue weighted by Crippen LogP contribution is -2.48. The summed E-state index contributed by atoms with van der Waals surface area (Å²) in [4.78, 5) is 56.3. The molecule has 3 aromatic carbocycles. The number of likely N-dealkylation sites (N-methyl/N-ethyl adjacent to an activating group) is 1. The minimum Gasteiger partial charge on any atom is -0.490 e. The van der Waals surface area contributed by atoms with E-state index in [-0.39, 0.29) is 49.8 Å². The van der Waals surface area contributed by atoms with Gasteiger partial charge in [0.2, 0.25) is 0 Å². The molecule has 0 bridgehead atoms. The largest absolute Gasteiger partial charge is 0.490 e. The smallest absolute Gasteiger partial charge is 0.409 e. The summed E-state index contributed by atoms with van der Waals surface area (Å²) < 4.78 is 23.7. The van der Waals surface area contributed by atoms with Crippen LogP contribution in [0, 0.1) is 5.92 Å². The number of benzene rings is 3. The second-order valence-corrected chi connectivity index (χ2v) is 13.0. The van der Waals surface area contributed by atoms with Crippen molar-refractivity contribution in [1.29, 1.82) is 0 Å². The highest BCUT2D eigenvalue weighted by molar-refractivity contribution is 6.02. The van der Waals surface area contributed by atoms with Crippen molar-refractivity contribution in [3.8, 4) is 5.75 Å². The summed E-state index contributed by atoms with van der Waals surface area (Å²) in [6.07, 6.45) is 2.59. The first-order valence-corrected chi connectivity index (χ1v) is 17.6. The van der Waals surface area contributed by atoms with Crippen molar-refractivity contribution in [2.75, 3.05) is 50.6 Å². The van der Waals surface area contributed by atoms with Crippen LogP contribution in [-0.4, -0.2) is 92.0 Å². The van der Waals surface area contributed by atoms with Crippen LogP contribution in [0.1, 0.15) is 60.7 Å². The number of esters is 1. The topological polar surface area (TPSA) is 136 Å². The normalized spacial score (nSPS) is 18.7. The summed E-state index contributed by atoms with van der Waals surface area (Å²) in [6, 6.07) is 21.6. The van der Waals surface area contributed by atoms with Gasteiger partial charge in [-0.15, -0.1) is 0 Å². The number of hydrogen-bond donors (Lipinski definition) is 2. The Balaban J connectivity index is 1.66. The fourth-order valence-corrected chi connectivity index (χ4v) is 5.71. The maximum absolute atomic E-state index is 14.7. The standard InChI is InChI=1S/C40H50N4O8/c1-6-22-50-40(48)43(5)26-36-28(2)25-44(29(3)27-51-38(46)31-16-9-7-10-17-31)37(45)34-24-33(42-39(47)41-32-18-11-8-12-19-32)20-21-35(34)52-30(4)15-13-14-23-49-36/h6-12,16-21,24,28-30,36H,1,13-15,22-23,25-27H2,2-5H3,(H2,41,42,47)/t28-,29-,30+,36+/m1/s1. The van der Waals surface area contributed by atoms with Crippen molar-refractivity contribution in [3.63, 3.8) is 0 Å². The number of carbonyl (C=O) groups is 4. The number of ether oxygens (including phenoxy) is 4. The number of carbonyl (C=O) groups excluding carboxylic acids is 4. The molecule has 1 heterocycles. The predicted molar refractivity (Wildman–Crippen MR) is 200 cm³/mol. The van der Waals surface area contributed by atoms with E-state index in [1.165, 1.54) is 11.0 Å². The molecule has 4 rings (SSSR count). The van der Waals surface area contributed by atoms with Crippen molar-refractivity contribution >= 4 is 35.4 Å². The fraction of sp³-hybridized carbons (Fsp3) is 0.400. The number of fused-ring (bicyclic) bond motifs is 1. The highest BCUT2D eigenvalue weighted by Gasteiger charge is 2.32. The second-order valence-electron chi connectivity index (χ2n) is 13.0. The first-order valence-electron chi connectivity index (χ1n) is 17.6. The molecule has 0 fully saturated rings. The molecule has 0 saturated heterocycles. The zero-order chi connectivity index (χ0) is 37.5. The lowest BCUT2D eigenvalue weighted by atomic mass is 10.0. The van der Waals surface area contributed by atoms with Gasteiger partial charge in [0.1, 0.15) is 19.0 Å². The van der Waals surface area contributed by atoms with Gasteiger partial charge in [0.15, 0.2) is 0 Å². The summed E-state index contributed by atoms with van der Waals surface area (Å²) in [6.45, 7) is 10.1. The molecule has 52 heavy (non-hydrogen) atoms. The lowest BCUT2D eigenvalue weighted by Gasteiger charge is -2.36. The van der Waals surface area contributed by atoms with Crippen LogP contribution in [-0.2, 0) is 14.2 Å². The first kappa shape index (κ1) is 39.4. The molecule has 0 unspecified atom stereocenters. The number of anilines is 2. The van der Waals surface area contributed by atoms with E-state index in [1.54, 1.807) is 73.5 Å². The Hall–Kier alpha value is -5.36. The molecular weight excluding hydrogens is 664 g/mol. The van der Waals surface area contributed by atoms with Crippen LogP contribution in [0.4, 0.5) is 21.0 Å². The van der Waals surface area contributed by atoms with Crippen molar-refractivity contribution in [2.24, 2.45) is 5.92 Å². The average molecular weight is 715 g/mol. The SMILES string of the molecule is C=CCOC(=O)N(C)C[C@@H]1OCCCC[C@H](C)Oc2ccc(NC(=O)Nc3ccccc3)cc2C(=O)N([C@H](C)COC(=O)c2ccccc2)C[C@H]1C. The van der Waals surface area contributed by atoms with Gasteiger partial charge in [-0.1, -0.05) is 56.0 Å². The van der Waals surface area contributed by atoms with Gasteiger partial charge in [-0.3, -0.25) is 4.79 Å². The van der Waals surface area contributed by atoms with E-state index < -0.39 is 30.2 Å². The highest BCUT2D eigenvalue weighted by atomic mass is 16.6. The molecule has 0 aromatic heterocycles. The van der Waals surface area contributed by atoms with E-state index in [0.29, 0.717) is 35.7 Å². The zero-order valence-electron chi connectivity index (χ0n) is 30.4. The van der Waals surface area contributed by atoms with Crippen LogP contribution < -0.4 is 15.4 Å². The summed E-state index contributed by atoms with van der Waals surface area (Å²) in [5.41, 5.74) is 1.63. The number of nitrogens with one attached hydrogen (secondary N) is 2. The molecule has 0 aliphatic carbocycles. The van der Waals surface area contributed by atoms with Crippen LogP contribution in [0.2, 0.25) is 0 Å². The molecule has 278 valence electrons. The number of urea groups is 1. The lowest BCUT2D eigenvalue weighted by molar-refractivity contribution is -0.0177. The molecule has 0 radical (unpaired) electrons. The molecule has 1 aliphatic heterocycles. The van der Waals surface area contributed by atoms with E-state index in [4.69, 9.17) is 18.9 Å². The van der Waals surface area contributed by atoms with Crippen molar-refractivity contribution in [2.45, 2.75) is 58.3 Å².